The van der Waals surface area contributed by atoms with Crippen molar-refractivity contribution >= 4 is 38.6 Å². The number of fused-ring (bicyclic) bond motifs is 1. The van der Waals surface area contributed by atoms with Gasteiger partial charge in [-0.25, -0.2) is 13.2 Å². The molecule has 9 nitrogen and oxygen atoms in total. The second-order valence-electron chi connectivity index (χ2n) is 8.59. The zero-order valence-corrected chi connectivity index (χ0v) is 21.6. The van der Waals surface area contributed by atoms with E-state index in [-0.39, 0.29) is 22.2 Å². The highest BCUT2D eigenvalue weighted by Gasteiger charge is 2.28. The molecule has 1 amide bonds. The zero-order chi connectivity index (χ0) is 26.5. The SMILES string of the molecule is CCN(CC)S(=O)(=O)c1cccc(C(=O)N[C@H](C(=O)OCC(=O)c2c[nH]c3ccccc23)C(C)C)c1. The predicted molar refractivity (Wildman–Crippen MR) is 136 cm³/mol. The summed E-state index contributed by atoms with van der Waals surface area (Å²) in [5.41, 5.74) is 1.30. The number of benzene rings is 2. The molecule has 0 spiro atoms. The summed E-state index contributed by atoms with van der Waals surface area (Å²) in [5, 5.41) is 3.35. The number of sulfonamides is 1. The Morgan fingerprint density at radius 1 is 1.03 bits per heavy atom. The highest BCUT2D eigenvalue weighted by atomic mass is 32.2. The molecule has 0 aliphatic heterocycles. The fourth-order valence-corrected chi connectivity index (χ4v) is 5.34. The number of ether oxygens (including phenoxy) is 1. The van der Waals surface area contributed by atoms with Crippen LogP contribution in [0.25, 0.3) is 10.9 Å². The molecule has 0 aliphatic carbocycles. The Labute approximate surface area is 210 Å². The molecule has 0 aliphatic rings. The van der Waals surface area contributed by atoms with Gasteiger partial charge in [-0.3, -0.25) is 9.59 Å². The van der Waals surface area contributed by atoms with Crippen LogP contribution in [-0.2, 0) is 19.6 Å². The second-order valence-corrected chi connectivity index (χ2v) is 10.5. The molecular formula is C26H31N3O6S. The Morgan fingerprint density at radius 2 is 1.72 bits per heavy atom. The Balaban J connectivity index is 1.70. The molecule has 0 saturated heterocycles. The molecule has 36 heavy (non-hydrogen) atoms. The van der Waals surface area contributed by atoms with E-state index in [1.54, 1.807) is 40.0 Å². The molecule has 0 saturated carbocycles. The van der Waals surface area contributed by atoms with E-state index in [4.69, 9.17) is 4.74 Å². The van der Waals surface area contributed by atoms with Crippen LogP contribution >= 0.6 is 0 Å². The number of rotatable bonds is 11. The molecule has 0 radical (unpaired) electrons. The molecule has 2 N–H and O–H groups in total. The minimum absolute atomic E-state index is 0.00755. The molecule has 10 heteroatoms. The van der Waals surface area contributed by atoms with Crippen LogP contribution < -0.4 is 5.32 Å². The van der Waals surface area contributed by atoms with Gasteiger partial charge >= 0.3 is 5.97 Å². The van der Waals surface area contributed by atoms with Gasteiger partial charge in [0.25, 0.3) is 5.91 Å². The summed E-state index contributed by atoms with van der Waals surface area (Å²) < 4.78 is 32.2. The van der Waals surface area contributed by atoms with Gasteiger partial charge in [0.2, 0.25) is 15.8 Å². The highest BCUT2D eigenvalue weighted by molar-refractivity contribution is 7.89. The maximum Gasteiger partial charge on any atom is 0.329 e. The lowest BCUT2D eigenvalue weighted by atomic mass is 10.0. The summed E-state index contributed by atoms with van der Waals surface area (Å²) >= 11 is 0. The third-order valence-corrected chi connectivity index (χ3v) is 7.93. The molecular weight excluding hydrogens is 482 g/mol. The Hall–Kier alpha value is -3.50. The normalized spacial score (nSPS) is 12.6. The van der Waals surface area contributed by atoms with Crippen LogP contribution in [0.2, 0.25) is 0 Å². The summed E-state index contributed by atoms with van der Waals surface area (Å²) in [6.45, 7) is 7.06. The van der Waals surface area contributed by atoms with Crippen LogP contribution in [0.4, 0.5) is 0 Å². The first-order valence-corrected chi connectivity index (χ1v) is 13.2. The van der Waals surface area contributed by atoms with E-state index in [9.17, 15) is 22.8 Å². The summed E-state index contributed by atoms with van der Waals surface area (Å²) in [6, 6.07) is 11.9. The van der Waals surface area contributed by atoms with Crippen molar-refractivity contribution < 1.29 is 27.5 Å². The van der Waals surface area contributed by atoms with Gasteiger partial charge in [-0.15, -0.1) is 0 Å². The summed E-state index contributed by atoms with van der Waals surface area (Å²) in [4.78, 5) is 41.4. The van der Waals surface area contributed by atoms with Gasteiger partial charge in [-0.1, -0.05) is 52.0 Å². The molecule has 0 bridgehead atoms. The number of nitrogens with zero attached hydrogens (tertiary/aromatic N) is 1. The van der Waals surface area contributed by atoms with Gasteiger partial charge < -0.3 is 15.0 Å². The van der Waals surface area contributed by atoms with E-state index in [2.05, 4.69) is 10.3 Å². The number of carbonyl (C=O) groups is 3. The van der Waals surface area contributed by atoms with Crippen LogP contribution in [0.3, 0.4) is 0 Å². The van der Waals surface area contributed by atoms with Gasteiger partial charge in [-0.2, -0.15) is 4.31 Å². The molecule has 0 fully saturated rings. The average Bonchev–Trinajstić information content (AvgIpc) is 3.30. The summed E-state index contributed by atoms with van der Waals surface area (Å²) in [6.07, 6.45) is 1.57. The van der Waals surface area contributed by atoms with E-state index in [0.717, 1.165) is 10.9 Å². The molecule has 0 unspecified atom stereocenters. The first kappa shape index (κ1) is 27.1. The number of hydrogen-bond donors (Lipinski definition) is 2. The van der Waals surface area contributed by atoms with Crippen molar-refractivity contribution in [2.75, 3.05) is 19.7 Å². The molecule has 3 rings (SSSR count). The number of carbonyl (C=O) groups excluding carboxylic acids is 3. The zero-order valence-electron chi connectivity index (χ0n) is 20.8. The average molecular weight is 514 g/mol. The quantitative estimate of drug-likeness (QED) is 0.299. The molecule has 1 aromatic heterocycles. The van der Waals surface area contributed by atoms with Gasteiger partial charge in [0, 0.05) is 41.3 Å². The Morgan fingerprint density at radius 3 is 2.39 bits per heavy atom. The van der Waals surface area contributed by atoms with Crippen molar-refractivity contribution in [1.29, 1.82) is 0 Å². The van der Waals surface area contributed by atoms with E-state index in [1.807, 2.05) is 18.2 Å². The van der Waals surface area contributed by atoms with Gasteiger partial charge in [0.15, 0.2) is 6.61 Å². The van der Waals surface area contributed by atoms with Crippen LogP contribution in [0.15, 0.2) is 59.6 Å². The fourth-order valence-electron chi connectivity index (χ4n) is 3.84. The van der Waals surface area contributed by atoms with Crippen LogP contribution in [0.1, 0.15) is 48.4 Å². The molecule has 3 aromatic rings. The first-order valence-electron chi connectivity index (χ1n) is 11.8. The lowest BCUT2D eigenvalue weighted by Crippen LogP contribution is -2.45. The molecule has 2 aromatic carbocycles. The monoisotopic (exact) mass is 513 g/mol. The third-order valence-electron chi connectivity index (χ3n) is 5.88. The number of amides is 1. The summed E-state index contributed by atoms with van der Waals surface area (Å²) in [5.74, 6) is -2.08. The first-order chi connectivity index (χ1) is 17.1. The van der Waals surface area contributed by atoms with E-state index in [1.165, 1.54) is 28.6 Å². The third kappa shape index (κ3) is 5.83. The largest absolute Gasteiger partial charge is 0.456 e. The van der Waals surface area contributed by atoms with E-state index < -0.39 is 34.5 Å². The van der Waals surface area contributed by atoms with Crippen LogP contribution in [0, 0.1) is 5.92 Å². The highest BCUT2D eigenvalue weighted by Crippen LogP contribution is 2.19. The fraction of sp³-hybridized carbons (Fsp3) is 0.346. The number of para-hydroxylation sites is 1. The number of H-pyrrole nitrogens is 1. The smallest absolute Gasteiger partial charge is 0.329 e. The topological polar surface area (TPSA) is 126 Å². The van der Waals surface area contributed by atoms with Crippen LogP contribution in [-0.4, -0.2) is 61.1 Å². The number of aromatic nitrogens is 1. The van der Waals surface area contributed by atoms with E-state index >= 15 is 0 Å². The summed E-state index contributed by atoms with van der Waals surface area (Å²) in [7, 11) is -3.75. The number of nitrogens with one attached hydrogen (secondary N) is 2. The molecule has 1 atom stereocenters. The molecule has 1 heterocycles. The van der Waals surface area contributed by atoms with Crippen molar-refractivity contribution in [1.82, 2.24) is 14.6 Å². The number of hydrogen-bond acceptors (Lipinski definition) is 6. The second kappa shape index (κ2) is 11.5. The lowest BCUT2D eigenvalue weighted by molar-refractivity contribution is -0.145. The van der Waals surface area contributed by atoms with Gasteiger partial charge in [0.05, 0.1) is 4.90 Å². The Kier molecular flexibility index (Phi) is 8.65. The van der Waals surface area contributed by atoms with Crippen molar-refractivity contribution in [3.63, 3.8) is 0 Å². The van der Waals surface area contributed by atoms with Gasteiger partial charge in [0.1, 0.15) is 6.04 Å². The van der Waals surface area contributed by atoms with Crippen LogP contribution in [0.5, 0.6) is 0 Å². The minimum Gasteiger partial charge on any atom is -0.456 e. The van der Waals surface area contributed by atoms with Crippen molar-refractivity contribution in [3.8, 4) is 0 Å². The number of aromatic amines is 1. The van der Waals surface area contributed by atoms with Crippen molar-refractivity contribution in [2.45, 2.75) is 38.6 Å². The Bertz CT molecular complexity index is 1360. The number of esters is 1. The standard InChI is InChI=1S/C26H31N3O6S/c1-5-29(6-2)36(33,34)19-11-9-10-18(14-19)25(31)28-24(17(3)4)26(32)35-16-23(30)21-15-27-22-13-8-7-12-20(21)22/h7-15,17,24,27H,5-6,16H2,1-4H3,(H,28,31)/t24-/m0/s1. The number of ketones is 1. The predicted octanol–water partition coefficient (Wildman–Crippen LogP) is 3.38. The lowest BCUT2D eigenvalue weighted by Gasteiger charge is -2.21. The van der Waals surface area contributed by atoms with Crippen molar-refractivity contribution in [3.05, 3.63) is 65.9 Å². The number of Topliss-reactive ketones (excluding diaryl/α,β-unsaturated/α-hetero) is 1. The maximum atomic E-state index is 12.9. The molecule has 192 valence electrons. The van der Waals surface area contributed by atoms with Gasteiger partial charge in [-0.05, 0) is 30.2 Å². The minimum atomic E-state index is -3.75. The maximum absolute atomic E-state index is 12.9. The van der Waals surface area contributed by atoms with E-state index in [0.29, 0.717) is 18.7 Å². The van der Waals surface area contributed by atoms with Crippen molar-refractivity contribution in [2.24, 2.45) is 5.92 Å².